The number of hydrogen-bond acceptors (Lipinski definition) is 6. The molecule has 0 spiro atoms. The highest BCUT2D eigenvalue weighted by molar-refractivity contribution is 6.16. The molecule has 1 aromatic heterocycles. The van der Waals surface area contributed by atoms with Gasteiger partial charge in [-0.25, -0.2) is 4.79 Å². The number of ketones is 1. The van der Waals surface area contributed by atoms with Gasteiger partial charge in [0.15, 0.2) is 5.78 Å². The molecule has 2 heterocycles. The van der Waals surface area contributed by atoms with Gasteiger partial charge in [0.2, 0.25) is 0 Å². The van der Waals surface area contributed by atoms with Crippen molar-refractivity contribution in [3.8, 4) is 0 Å². The molecular formula is C39H41N3O4. The fraction of sp³-hybridized carbons (Fsp3) is 0.308. The van der Waals surface area contributed by atoms with Crippen molar-refractivity contribution in [1.29, 1.82) is 0 Å². The Balaban J connectivity index is 1.33. The van der Waals surface area contributed by atoms with E-state index in [1.54, 1.807) is 0 Å². The van der Waals surface area contributed by atoms with Crippen LogP contribution < -0.4 is 0 Å². The van der Waals surface area contributed by atoms with Gasteiger partial charge in [-0.1, -0.05) is 72.7 Å². The van der Waals surface area contributed by atoms with Crippen molar-refractivity contribution in [3.63, 3.8) is 0 Å². The number of carbonyl (C=O) groups excluding carboxylic acids is 2. The minimum atomic E-state index is -0.854. The summed E-state index contributed by atoms with van der Waals surface area (Å²) in [4.78, 5) is 35.4. The predicted molar refractivity (Wildman–Crippen MR) is 184 cm³/mol. The number of ether oxygens (including phenoxy) is 1. The number of aryl methyl sites for hydroxylation is 2. The summed E-state index contributed by atoms with van der Waals surface area (Å²) in [6, 6.07) is 29.9. The highest BCUT2D eigenvalue weighted by Gasteiger charge is 2.45. The van der Waals surface area contributed by atoms with E-state index in [9.17, 15) is 9.59 Å². The summed E-state index contributed by atoms with van der Waals surface area (Å²) in [5.41, 5.74) is 6.13. The van der Waals surface area contributed by atoms with E-state index in [1.807, 2.05) is 87.5 Å². The van der Waals surface area contributed by atoms with Gasteiger partial charge in [-0.3, -0.25) is 9.69 Å². The third-order valence-corrected chi connectivity index (χ3v) is 9.44. The summed E-state index contributed by atoms with van der Waals surface area (Å²) in [6.07, 6.45) is 1.12. The molecular weight excluding hydrogens is 574 g/mol. The van der Waals surface area contributed by atoms with E-state index < -0.39 is 5.54 Å². The largest absolute Gasteiger partial charge is 0.379 e. The quantitative estimate of drug-likeness (QED) is 0.0711. The van der Waals surface area contributed by atoms with E-state index in [0.29, 0.717) is 56.0 Å². The summed E-state index contributed by atoms with van der Waals surface area (Å²) in [6.45, 7) is 11.2. The average Bonchev–Trinajstić information content (AvgIpc) is 3.42. The highest BCUT2D eigenvalue weighted by atomic mass is 16.7. The zero-order valence-electron chi connectivity index (χ0n) is 27.1. The molecule has 6 rings (SSSR count). The number of aromatic nitrogens is 1. The third-order valence-electron chi connectivity index (χ3n) is 9.44. The lowest BCUT2D eigenvalue weighted by Gasteiger charge is -2.42. The van der Waals surface area contributed by atoms with Crippen LogP contribution in [0.4, 0.5) is 0 Å². The maximum Gasteiger partial charge on any atom is 0.355 e. The lowest BCUT2D eigenvalue weighted by molar-refractivity contribution is -0.162. The van der Waals surface area contributed by atoms with E-state index in [-0.39, 0.29) is 11.8 Å². The summed E-state index contributed by atoms with van der Waals surface area (Å²) in [5.74, 6) is -0.350. The van der Waals surface area contributed by atoms with Gasteiger partial charge in [0.05, 0.1) is 18.9 Å². The number of benzene rings is 4. The van der Waals surface area contributed by atoms with E-state index in [2.05, 4.69) is 45.8 Å². The van der Waals surface area contributed by atoms with Gasteiger partial charge in [-0.2, -0.15) is 0 Å². The van der Waals surface area contributed by atoms with Crippen molar-refractivity contribution in [2.45, 2.75) is 52.6 Å². The van der Waals surface area contributed by atoms with Gasteiger partial charge >= 0.3 is 5.97 Å². The van der Waals surface area contributed by atoms with E-state index >= 15 is 0 Å². The average molecular weight is 616 g/mol. The molecule has 5 aromatic rings. The Kier molecular flexibility index (Phi) is 9.15. The van der Waals surface area contributed by atoms with Crippen LogP contribution in [0.2, 0.25) is 0 Å². The van der Waals surface area contributed by atoms with Gasteiger partial charge in [0, 0.05) is 59.0 Å². The lowest BCUT2D eigenvalue weighted by atomic mass is 9.86. The molecule has 1 fully saturated rings. The van der Waals surface area contributed by atoms with Crippen molar-refractivity contribution in [2.75, 3.05) is 26.3 Å². The van der Waals surface area contributed by atoms with Crippen LogP contribution in [0.15, 0.2) is 96.2 Å². The van der Waals surface area contributed by atoms with E-state index in [1.165, 1.54) is 0 Å². The molecule has 7 nitrogen and oxygen atoms in total. The van der Waals surface area contributed by atoms with Crippen molar-refractivity contribution < 1.29 is 19.2 Å². The molecule has 1 unspecified atom stereocenters. The smallest absolute Gasteiger partial charge is 0.355 e. The molecule has 0 aliphatic carbocycles. The number of nitrogens with zero attached hydrogens (tertiary/aromatic N) is 3. The first-order chi connectivity index (χ1) is 22.4. The second kappa shape index (κ2) is 13.4. The molecule has 46 heavy (non-hydrogen) atoms. The normalized spacial score (nSPS) is 15.6. The predicted octanol–water partition coefficient (Wildman–Crippen LogP) is 7.34. The lowest BCUT2D eigenvalue weighted by Crippen LogP contribution is -2.59. The number of carbonyl (C=O) groups is 2. The SMILES string of the molecule is CCn1c2ccc(C(=O)c3ccccc3C)cc2c2cc(/C(C)=N/OC(=O)C(CC)(Cc3ccccc3)N3CCOCC3)ccc21. The van der Waals surface area contributed by atoms with Crippen LogP contribution in [0.25, 0.3) is 21.8 Å². The fourth-order valence-corrected chi connectivity index (χ4v) is 6.77. The van der Waals surface area contributed by atoms with Gasteiger partial charge in [0.25, 0.3) is 0 Å². The van der Waals surface area contributed by atoms with Gasteiger partial charge in [-0.15, -0.1) is 0 Å². The highest BCUT2D eigenvalue weighted by Crippen LogP contribution is 2.32. The van der Waals surface area contributed by atoms with Crippen LogP contribution in [0, 0.1) is 6.92 Å². The third kappa shape index (κ3) is 5.88. The Hall–Kier alpha value is -4.59. The number of rotatable bonds is 10. The number of oxime groups is 1. The molecule has 1 aliphatic rings. The number of fused-ring (bicyclic) bond motifs is 3. The minimum Gasteiger partial charge on any atom is -0.379 e. The Labute approximate surface area is 270 Å². The Morgan fingerprint density at radius 3 is 2.13 bits per heavy atom. The molecule has 0 bridgehead atoms. The van der Waals surface area contributed by atoms with Gasteiger partial charge in [0.1, 0.15) is 5.54 Å². The topological polar surface area (TPSA) is 73.1 Å². The summed E-state index contributed by atoms with van der Waals surface area (Å²) < 4.78 is 7.86. The van der Waals surface area contributed by atoms with Crippen LogP contribution in [0.5, 0.6) is 0 Å². The molecule has 4 aromatic carbocycles. The Morgan fingerprint density at radius 2 is 1.48 bits per heavy atom. The maximum absolute atomic E-state index is 14.0. The molecule has 1 saturated heterocycles. The first-order valence-electron chi connectivity index (χ1n) is 16.2. The first kappa shape index (κ1) is 31.4. The molecule has 7 heteroatoms. The number of hydrogen-bond donors (Lipinski definition) is 0. The molecule has 1 aliphatic heterocycles. The monoisotopic (exact) mass is 615 g/mol. The van der Waals surface area contributed by atoms with Crippen molar-refractivity contribution in [3.05, 3.63) is 119 Å². The van der Waals surface area contributed by atoms with Crippen molar-refractivity contribution in [1.82, 2.24) is 9.47 Å². The van der Waals surface area contributed by atoms with Crippen LogP contribution in [-0.2, 0) is 27.3 Å². The summed E-state index contributed by atoms with van der Waals surface area (Å²) in [5, 5.41) is 6.43. The van der Waals surface area contributed by atoms with Crippen LogP contribution >= 0.6 is 0 Å². The standard InChI is InChI=1S/C39H41N3O4/c1-5-39(41-20-22-45-23-21-41,26-29-13-8-7-9-14-29)38(44)46-40-28(4)30-16-18-35-33(24-30)34-25-31(17-19-36(34)42(35)6-2)37(43)32-15-11-10-12-27(32)3/h7-19,24-25H,5-6,20-23,26H2,1-4H3/b40-28+. The van der Waals surface area contributed by atoms with Crippen molar-refractivity contribution in [2.24, 2.45) is 5.16 Å². The summed E-state index contributed by atoms with van der Waals surface area (Å²) >= 11 is 0. The summed E-state index contributed by atoms with van der Waals surface area (Å²) in [7, 11) is 0. The van der Waals surface area contributed by atoms with E-state index in [0.717, 1.165) is 45.0 Å². The first-order valence-corrected chi connectivity index (χ1v) is 16.2. The molecule has 0 amide bonds. The van der Waals surface area contributed by atoms with Crippen molar-refractivity contribution >= 4 is 39.3 Å². The van der Waals surface area contributed by atoms with E-state index in [4.69, 9.17) is 9.57 Å². The zero-order chi connectivity index (χ0) is 32.3. The van der Waals surface area contributed by atoms with Crippen LogP contribution in [-0.4, -0.2) is 58.8 Å². The van der Waals surface area contributed by atoms with Gasteiger partial charge in [-0.05, 0) is 74.2 Å². The molecule has 1 atom stereocenters. The Morgan fingerprint density at radius 1 is 0.848 bits per heavy atom. The molecule has 0 radical (unpaired) electrons. The molecule has 0 N–H and O–H groups in total. The fourth-order valence-electron chi connectivity index (χ4n) is 6.77. The zero-order valence-corrected chi connectivity index (χ0v) is 27.1. The van der Waals surface area contributed by atoms with Crippen LogP contribution in [0.1, 0.15) is 59.8 Å². The molecule has 236 valence electrons. The van der Waals surface area contributed by atoms with Crippen LogP contribution in [0.3, 0.4) is 0 Å². The maximum atomic E-state index is 14.0. The second-order valence-corrected chi connectivity index (χ2v) is 12.1. The molecule has 0 saturated carbocycles. The minimum absolute atomic E-state index is 0.00777. The van der Waals surface area contributed by atoms with Gasteiger partial charge < -0.3 is 14.1 Å². The second-order valence-electron chi connectivity index (χ2n) is 12.1. The number of morpholine rings is 1. The Bertz CT molecular complexity index is 1920.